The van der Waals surface area contributed by atoms with Gasteiger partial charge in [-0.05, 0) is 66.4 Å². The lowest BCUT2D eigenvalue weighted by molar-refractivity contribution is -0.118. The lowest BCUT2D eigenvalue weighted by atomic mass is 10.1. The van der Waals surface area contributed by atoms with E-state index in [2.05, 4.69) is 10.6 Å². The van der Waals surface area contributed by atoms with Crippen molar-refractivity contribution >= 4 is 29.2 Å². The zero-order chi connectivity index (χ0) is 21.5. The van der Waals surface area contributed by atoms with Crippen LogP contribution in [0.15, 0.2) is 71.7 Å². The zero-order valence-electron chi connectivity index (χ0n) is 16.5. The highest BCUT2D eigenvalue weighted by atomic mass is 32.1. The van der Waals surface area contributed by atoms with Gasteiger partial charge in [-0.1, -0.05) is 18.2 Å². The predicted octanol–water partition coefficient (Wildman–Crippen LogP) is 4.54. The van der Waals surface area contributed by atoms with Crippen molar-refractivity contribution in [1.29, 1.82) is 0 Å². The Morgan fingerprint density at radius 2 is 1.77 bits per heavy atom. The highest BCUT2D eigenvalue weighted by Gasteiger charge is 2.18. The fraction of sp³-hybridized carbons (Fsp3) is 0.130. The minimum Gasteiger partial charge on any atom is -0.497 e. The van der Waals surface area contributed by atoms with Gasteiger partial charge in [-0.25, -0.2) is 4.39 Å². The molecule has 1 aromatic heterocycles. The minimum absolute atomic E-state index is 0.118. The molecule has 2 amide bonds. The lowest BCUT2D eigenvalue weighted by Gasteiger charge is -2.16. The third-order valence-corrected chi connectivity index (χ3v) is 5.21. The second kappa shape index (κ2) is 9.84. The Bertz CT molecular complexity index is 1030. The van der Waals surface area contributed by atoms with E-state index in [-0.39, 0.29) is 17.6 Å². The van der Waals surface area contributed by atoms with E-state index in [1.165, 1.54) is 23.5 Å². The van der Waals surface area contributed by atoms with Gasteiger partial charge in [0, 0.05) is 10.4 Å². The van der Waals surface area contributed by atoms with Crippen molar-refractivity contribution in [2.75, 3.05) is 7.11 Å². The molecule has 2 aromatic carbocycles. The van der Waals surface area contributed by atoms with Crippen molar-refractivity contribution in [2.45, 2.75) is 13.0 Å². The van der Waals surface area contributed by atoms with Crippen LogP contribution >= 0.6 is 11.3 Å². The van der Waals surface area contributed by atoms with Gasteiger partial charge in [-0.2, -0.15) is 0 Å². The molecule has 0 saturated carbocycles. The van der Waals surface area contributed by atoms with Gasteiger partial charge in [0.25, 0.3) is 11.8 Å². The first-order valence-electron chi connectivity index (χ1n) is 9.23. The number of benzene rings is 2. The third-order valence-electron chi connectivity index (χ3n) is 4.39. The normalized spacial score (nSPS) is 12.2. The molecule has 5 nitrogen and oxygen atoms in total. The second-order valence-electron chi connectivity index (χ2n) is 6.50. The molecular weight excluding hydrogens is 403 g/mol. The van der Waals surface area contributed by atoms with Crippen LogP contribution in [-0.2, 0) is 4.79 Å². The van der Waals surface area contributed by atoms with E-state index in [0.717, 1.165) is 10.4 Å². The topological polar surface area (TPSA) is 67.4 Å². The Kier molecular flexibility index (Phi) is 6.98. The maximum atomic E-state index is 13.2. The van der Waals surface area contributed by atoms with Crippen molar-refractivity contribution in [3.8, 4) is 5.75 Å². The standard InChI is InChI=1S/C23H21FN2O3S/c1-15(16-5-9-18(24)10-6-16)25-23(28)21(14-20-4-3-13-30-20)26-22(27)17-7-11-19(29-2)12-8-17/h3-15H,1-2H3,(H,25,28)(H,26,27)/b21-14-/t15-/m0/s1. The molecule has 1 heterocycles. The highest BCUT2D eigenvalue weighted by Crippen LogP contribution is 2.17. The van der Waals surface area contributed by atoms with Crippen LogP contribution in [0.3, 0.4) is 0 Å². The predicted molar refractivity (Wildman–Crippen MR) is 116 cm³/mol. The summed E-state index contributed by atoms with van der Waals surface area (Å²) in [6.45, 7) is 1.79. The first kappa shape index (κ1) is 21.3. The second-order valence-corrected chi connectivity index (χ2v) is 7.48. The van der Waals surface area contributed by atoms with Crippen molar-refractivity contribution in [3.05, 3.63) is 93.6 Å². The van der Waals surface area contributed by atoms with Crippen LogP contribution in [0.5, 0.6) is 5.75 Å². The molecule has 0 bridgehead atoms. The molecule has 0 radical (unpaired) electrons. The summed E-state index contributed by atoms with van der Waals surface area (Å²) in [5.74, 6) is -0.568. The van der Waals surface area contributed by atoms with Gasteiger partial charge in [-0.15, -0.1) is 11.3 Å². The smallest absolute Gasteiger partial charge is 0.268 e. The largest absolute Gasteiger partial charge is 0.497 e. The maximum Gasteiger partial charge on any atom is 0.268 e. The fourth-order valence-electron chi connectivity index (χ4n) is 2.72. The molecule has 0 unspecified atom stereocenters. The maximum absolute atomic E-state index is 13.2. The molecule has 0 fully saturated rings. The number of hydrogen-bond donors (Lipinski definition) is 2. The Morgan fingerprint density at radius 1 is 1.07 bits per heavy atom. The summed E-state index contributed by atoms with van der Waals surface area (Å²) in [5, 5.41) is 7.42. The summed E-state index contributed by atoms with van der Waals surface area (Å²) in [4.78, 5) is 26.4. The lowest BCUT2D eigenvalue weighted by Crippen LogP contribution is -2.36. The summed E-state index contributed by atoms with van der Waals surface area (Å²) in [6, 6.07) is 15.8. The molecular formula is C23H21FN2O3S. The average Bonchev–Trinajstić information content (AvgIpc) is 3.26. The molecule has 154 valence electrons. The first-order valence-corrected chi connectivity index (χ1v) is 10.1. The van der Waals surface area contributed by atoms with Crippen LogP contribution in [0.2, 0.25) is 0 Å². The van der Waals surface area contributed by atoms with Gasteiger partial charge in [-0.3, -0.25) is 9.59 Å². The van der Waals surface area contributed by atoms with Crippen molar-refractivity contribution in [2.24, 2.45) is 0 Å². The number of carbonyl (C=O) groups excluding carboxylic acids is 2. The first-order chi connectivity index (χ1) is 14.5. The number of thiophene rings is 1. The summed E-state index contributed by atoms with van der Waals surface area (Å²) in [7, 11) is 1.55. The average molecular weight is 424 g/mol. The monoisotopic (exact) mass is 424 g/mol. The quantitative estimate of drug-likeness (QED) is 0.547. The molecule has 0 aliphatic rings. The van der Waals surface area contributed by atoms with Crippen LogP contribution in [0.4, 0.5) is 4.39 Å². The van der Waals surface area contributed by atoms with Crippen LogP contribution in [0, 0.1) is 5.82 Å². The van der Waals surface area contributed by atoms with Gasteiger partial charge in [0.15, 0.2) is 0 Å². The molecule has 0 spiro atoms. The number of rotatable bonds is 7. The van der Waals surface area contributed by atoms with E-state index >= 15 is 0 Å². The number of ether oxygens (including phenoxy) is 1. The van der Waals surface area contributed by atoms with Gasteiger partial charge in [0.2, 0.25) is 0 Å². The Labute approximate surface area is 178 Å². The number of halogens is 1. The van der Waals surface area contributed by atoms with Gasteiger partial charge in [0.1, 0.15) is 17.3 Å². The molecule has 0 saturated heterocycles. The highest BCUT2D eigenvalue weighted by molar-refractivity contribution is 7.10. The molecule has 1 atom stereocenters. The number of carbonyl (C=O) groups is 2. The Hall–Kier alpha value is -3.45. The van der Waals surface area contributed by atoms with Crippen LogP contribution in [0.25, 0.3) is 6.08 Å². The molecule has 2 N–H and O–H groups in total. The summed E-state index contributed by atoms with van der Waals surface area (Å²) < 4.78 is 18.3. The SMILES string of the molecule is COc1ccc(C(=O)N/C(=C\c2cccs2)C(=O)N[C@@H](C)c2ccc(F)cc2)cc1. The number of methoxy groups -OCH3 is 1. The van der Waals surface area contributed by atoms with E-state index in [9.17, 15) is 14.0 Å². The van der Waals surface area contributed by atoms with Gasteiger partial charge < -0.3 is 15.4 Å². The van der Waals surface area contributed by atoms with Crippen molar-refractivity contribution in [1.82, 2.24) is 10.6 Å². The Balaban J connectivity index is 1.78. The summed E-state index contributed by atoms with van der Waals surface area (Å²) in [5.41, 5.74) is 1.26. The van der Waals surface area contributed by atoms with E-state index in [1.807, 2.05) is 17.5 Å². The number of amides is 2. The van der Waals surface area contributed by atoms with Crippen LogP contribution < -0.4 is 15.4 Å². The Morgan fingerprint density at radius 3 is 2.37 bits per heavy atom. The number of nitrogens with one attached hydrogen (secondary N) is 2. The summed E-state index contributed by atoms with van der Waals surface area (Å²) >= 11 is 1.45. The van der Waals surface area contributed by atoms with Gasteiger partial charge in [0.05, 0.1) is 13.2 Å². The van der Waals surface area contributed by atoms with Crippen molar-refractivity contribution < 1.29 is 18.7 Å². The fourth-order valence-corrected chi connectivity index (χ4v) is 3.38. The number of hydrogen-bond acceptors (Lipinski definition) is 4. The third kappa shape index (κ3) is 5.55. The summed E-state index contributed by atoms with van der Waals surface area (Å²) in [6.07, 6.45) is 1.62. The van der Waals surface area contributed by atoms with E-state index in [1.54, 1.807) is 56.5 Å². The van der Waals surface area contributed by atoms with Crippen LogP contribution in [0.1, 0.15) is 33.8 Å². The minimum atomic E-state index is -0.443. The molecule has 0 aliphatic carbocycles. The van der Waals surface area contributed by atoms with Crippen LogP contribution in [-0.4, -0.2) is 18.9 Å². The molecule has 0 aliphatic heterocycles. The van der Waals surface area contributed by atoms with E-state index in [0.29, 0.717) is 11.3 Å². The molecule has 30 heavy (non-hydrogen) atoms. The molecule has 7 heteroatoms. The molecule has 3 aromatic rings. The van der Waals surface area contributed by atoms with E-state index in [4.69, 9.17) is 4.74 Å². The molecule has 3 rings (SSSR count). The van der Waals surface area contributed by atoms with Crippen molar-refractivity contribution in [3.63, 3.8) is 0 Å². The zero-order valence-corrected chi connectivity index (χ0v) is 17.3. The van der Waals surface area contributed by atoms with E-state index < -0.39 is 11.8 Å². The van der Waals surface area contributed by atoms with Gasteiger partial charge >= 0.3 is 0 Å².